The van der Waals surface area contributed by atoms with Crippen LogP contribution in [0.3, 0.4) is 0 Å². The maximum Gasteiger partial charge on any atom is 0.147 e. The summed E-state index contributed by atoms with van der Waals surface area (Å²) in [4.78, 5) is 4.16. The molecule has 0 saturated heterocycles. The van der Waals surface area contributed by atoms with E-state index in [0.29, 0.717) is 12.2 Å². The van der Waals surface area contributed by atoms with Crippen molar-refractivity contribution in [3.63, 3.8) is 0 Å². The Bertz CT molecular complexity index is 526. The van der Waals surface area contributed by atoms with E-state index in [-0.39, 0.29) is 6.61 Å². The first kappa shape index (κ1) is 14.3. The summed E-state index contributed by atoms with van der Waals surface area (Å²) in [5, 5.41) is 12.2. The summed E-state index contributed by atoms with van der Waals surface area (Å²) in [7, 11) is 0. The van der Waals surface area contributed by atoms with Crippen LogP contribution in [0.25, 0.3) is 0 Å². The van der Waals surface area contributed by atoms with Crippen LogP contribution in [0, 0.1) is 0 Å². The average Bonchev–Trinajstić information content (AvgIpc) is 2.48. The van der Waals surface area contributed by atoms with Gasteiger partial charge in [-0.05, 0) is 30.5 Å². The lowest BCUT2D eigenvalue weighted by molar-refractivity contribution is 0.299. The molecule has 2 aromatic rings. The lowest BCUT2D eigenvalue weighted by Gasteiger charge is -2.09. The fourth-order valence-corrected chi connectivity index (χ4v) is 1.83. The molecular formula is C16H20N2O2. The molecule has 1 aromatic carbocycles. The van der Waals surface area contributed by atoms with E-state index in [9.17, 15) is 0 Å². The van der Waals surface area contributed by atoms with Gasteiger partial charge in [0.15, 0.2) is 0 Å². The van der Waals surface area contributed by atoms with Gasteiger partial charge in [-0.1, -0.05) is 19.1 Å². The highest BCUT2D eigenvalue weighted by molar-refractivity contribution is 5.46. The van der Waals surface area contributed by atoms with Crippen LogP contribution in [0.4, 0.5) is 5.69 Å². The maximum atomic E-state index is 8.88. The van der Waals surface area contributed by atoms with Crippen molar-refractivity contribution in [1.29, 1.82) is 0 Å². The third kappa shape index (κ3) is 4.24. The number of hydrogen-bond donors (Lipinski definition) is 2. The standard InChI is InChI=1S/C16H20N2O2/c1-2-8-18-14-10-16(12-17-11-14)20-15-5-3-13(4-6-15)7-9-19/h3-6,10-12,18-19H,2,7-9H2,1H3. The van der Waals surface area contributed by atoms with Crippen molar-refractivity contribution in [1.82, 2.24) is 4.98 Å². The lowest BCUT2D eigenvalue weighted by Crippen LogP contribution is -2.00. The van der Waals surface area contributed by atoms with Crippen molar-refractivity contribution < 1.29 is 9.84 Å². The largest absolute Gasteiger partial charge is 0.456 e. The zero-order valence-corrected chi connectivity index (χ0v) is 11.7. The average molecular weight is 272 g/mol. The summed E-state index contributed by atoms with van der Waals surface area (Å²) < 4.78 is 5.77. The molecule has 0 radical (unpaired) electrons. The highest BCUT2D eigenvalue weighted by atomic mass is 16.5. The zero-order chi connectivity index (χ0) is 14.2. The van der Waals surface area contributed by atoms with E-state index in [0.717, 1.165) is 30.0 Å². The van der Waals surface area contributed by atoms with Crippen LogP contribution >= 0.6 is 0 Å². The number of pyridine rings is 1. The Morgan fingerprint density at radius 3 is 2.65 bits per heavy atom. The number of hydrogen-bond acceptors (Lipinski definition) is 4. The van der Waals surface area contributed by atoms with E-state index < -0.39 is 0 Å². The smallest absolute Gasteiger partial charge is 0.147 e. The first-order chi connectivity index (χ1) is 9.81. The molecule has 2 N–H and O–H groups in total. The number of nitrogens with one attached hydrogen (secondary N) is 1. The van der Waals surface area contributed by atoms with Crippen molar-refractivity contribution >= 4 is 5.69 Å². The Morgan fingerprint density at radius 2 is 1.95 bits per heavy atom. The number of rotatable bonds is 7. The van der Waals surface area contributed by atoms with Gasteiger partial charge in [0.05, 0.1) is 18.1 Å². The Kier molecular flexibility index (Phi) is 5.38. The normalized spacial score (nSPS) is 10.3. The number of aliphatic hydroxyl groups is 1. The van der Waals surface area contributed by atoms with E-state index in [4.69, 9.17) is 9.84 Å². The molecule has 1 heterocycles. The third-order valence-electron chi connectivity index (χ3n) is 2.85. The van der Waals surface area contributed by atoms with E-state index >= 15 is 0 Å². The van der Waals surface area contributed by atoms with Crippen molar-refractivity contribution in [2.75, 3.05) is 18.5 Å². The van der Waals surface area contributed by atoms with Gasteiger partial charge in [-0.2, -0.15) is 0 Å². The zero-order valence-electron chi connectivity index (χ0n) is 11.7. The monoisotopic (exact) mass is 272 g/mol. The van der Waals surface area contributed by atoms with Crippen LogP contribution in [-0.2, 0) is 6.42 Å². The summed E-state index contributed by atoms with van der Waals surface area (Å²) >= 11 is 0. The Morgan fingerprint density at radius 1 is 1.15 bits per heavy atom. The fourth-order valence-electron chi connectivity index (χ4n) is 1.83. The topological polar surface area (TPSA) is 54.4 Å². The molecule has 0 aliphatic heterocycles. The van der Waals surface area contributed by atoms with Crippen LogP contribution in [0.2, 0.25) is 0 Å². The summed E-state index contributed by atoms with van der Waals surface area (Å²) in [6.45, 7) is 3.20. The number of aromatic nitrogens is 1. The third-order valence-corrected chi connectivity index (χ3v) is 2.85. The molecule has 4 heteroatoms. The fraction of sp³-hybridized carbons (Fsp3) is 0.312. The number of aliphatic hydroxyl groups excluding tert-OH is 1. The van der Waals surface area contributed by atoms with Gasteiger partial charge < -0.3 is 15.2 Å². The van der Waals surface area contributed by atoms with Crippen molar-refractivity contribution in [2.45, 2.75) is 19.8 Å². The second-order valence-corrected chi connectivity index (χ2v) is 4.56. The van der Waals surface area contributed by atoms with Crippen LogP contribution in [0.5, 0.6) is 11.5 Å². The molecule has 0 bridgehead atoms. The number of benzene rings is 1. The van der Waals surface area contributed by atoms with E-state index in [1.54, 1.807) is 12.4 Å². The number of nitrogens with zero attached hydrogens (tertiary/aromatic N) is 1. The summed E-state index contributed by atoms with van der Waals surface area (Å²) in [6, 6.07) is 9.65. The van der Waals surface area contributed by atoms with Gasteiger partial charge in [-0.15, -0.1) is 0 Å². The maximum absolute atomic E-state index is 8.88. The summed E-state index contributed by atoms with van der Waals surface area (Å²) in [5.41, 5.74) is 2.05. The molecule has 20 heavy (non-hydrogen) atoms. The highest BCUT2D eigenvalue weighted by Gasteiger charge is 2.00. The molecule has 0 amide bonds. The van der Waals surface area contributed by atoms with E-state index in [1.807, 2.05) is 30.3 Å². The number of ether oxygens (including phenoxy) is 1. The second kappa shape index (κ2) is 7.50. The minimum atomic E-state index is 0.162. The summed E-state index contributed by atoms with van der Waals surface area (Å²) in [6.07, 6.45) is 5.21. The van der Waals surface area contributed by atoms with Crippen LogP contribution in [-0.4, -0.2) is 23.2 Å². The Hall–Kier alpha value is -2.07. The Balaban J connectivity index is 2.01. The molecule has 0 saturated carbocycles. The van der Waals surface area contributed by atoms with Gasteiger partial charge in [0, 0.05) is 19.2 Å². The minimum absolute atomic E-state index is 0.162. The van der Waals surface area contributed by atoms with Gasteiger partial charge in [0.2, 0.25) is 0 Å². The molecule has 0 aliphatic rings. The first-order valence-corrected chi connectivity index (χ1v) is 6.88. The highest BCUT2D eigenvalue weighted by Crippen LogP contribution is 2.23. The van der Waals surface area contributed by atoms with Crippen molar-refractivity contribution in [2.24, 2.45) is 0 Å². The molecule has 4 nitrogen and oxygen atoms in total. The van der Waals surface area contributed by atoms with E-state index in [1.165, 1.54) is 0 Å². The lowest BCUT2D eigenvalue weighted by atomic mass is 10.1. The second-order valence-electron chi connectivity index (χ2n) is 4.56. The quantitative estimate of drug-likeness (QED) is 0.812. The SMILES string of the molecule is CCCNc1cncc(Oc2ccc(CCO)cc2)c1. The summed E-state index contributed by atoms with van der Waals surface area (Å²) in [5.74, 6) is 1.47. The molecule has 0 spiro atoms. The molecular weight excluding hydrogens is 252 g/mol. The molecule has 0 fully saturated rings. The van der Waals surface area contributed by atoms with Gasteiger partial charge in [0.1, 0.15) is 11.5 Å². The van der Waals surface area contributed by atoms with Crippen LogP contribution < -0.4 is 10.1 Å². The molecule has 0 atom stereocenters. The van der Waals surface area contributed by atoms with Gasteiger partial charge >= 0.3 is 0 Å². The van der Waals surface area contributed by atoms with Crippen molar-refractivity contribution in [3.05, 3.63) is 48.3 Å². The molecule has 0 unspecified atom stereocenters. The molecule has 1 aromatic heterocycles. The van der Waals surface area contributed by atoms with Gasteiger partial charge in [0.25, 0.3) is 0 Å². The van der Waals surface area contributed by atoms with Crippen molar-refractivity contribution in [3.8, 4) is 11.5 Å². The molecule has 106 valence electrons. The van der Waals surface area contributed by atoms with Gasteiger partial charge in [-0.25, -0.2) is 0 Å². The van der Waals surface area contributed by atoms with E-state index in [2.05, 4.69) is 17.2 Å². The van der Waals surface area contributed by atoms with Crippen LogP contribution in [0.1, 0.15) is 18.9 Å². The predicted octanol–water partition coefficient (Wildman–Crippen LogP) is 3.23. The first-order valence-electron chi connectivity index (χ1n) is 6.88. The minimum Gasteiger partial charge on any atom is -0.456 e. The van der Waals surface area contributed by atoms with Crippen LogP contribution in [0.15, 0.2) is 42.7 Å². The predicted molar refractivity (Wildman–Crippen MR) is 80.3 cm³/mol. The molecule has 0 aliphatic carbocycles. The Labute approximate surface area is 119 Å². The van der Waals surface area contributed by atoms with Gasteiger partial charge in [-0.3, -0.25) is 4.98 Å². The molecule has 2 rings (SSSR count). The number of anilines is 1.